The van der Waals surface area contributed by atoms with E-state index in [4.69, 9.17) is 20.8 Å². The zero-order chi connectivity index (χ0) is 26.5. The summed E-state index contributed by atoms with van der Waals surface area (Å²) in [4.78, 5) is 44.8. The van der Waals surface area contributed by atoms with Crippen molar-refractivity contribution in [3.05, 3.63) is 82.9 Å². The Bertz CT molecular complexity index is 1200. The van der Waals surface area contributed by atoms with Crippen molar-refractivity contribution in [2.24, 2.45) is 0 Å². The van der Waals surface area contributed by atoms with Crippen LogP contribution in [0, 0.1) is 0 Å². The number of furan rings is 1. The maximum atomic E-state index is 13.3. The second-order valence-corrected chi connectivity index (χ2v) is 9.35. The molecule has 3 heterocycles. The third kappa shape index (κ3) is 5.57. The fraction of sp³-hybridized carbons (Fsp3) is 0.370. The Morgan fingerprint density at radius 3 is 2.68 bits per heavy atom. The Morgan fingerprint density at radius 2 is 2.03 bits per heavy atom. The molecule has 0 spiro atoms. The Labute approximate surface area is 221 Å². The smallest absolute Gasteiger partial charge is 0.338 e. The van der Waals surface area contributed by atoms with E-state index in [1.165, 1.54) is 11.2 Å². The molecule has 4 rings (SSSR count). The van der Waals surface area contributed by atoms with Crippen molar-refractivity contribution in [1.82, 2.24) is 20.0 Å². The van der Waals surface area contributed by atoms with Crippen LogP contribution >= 0.6 is 11.6 Å². The highest BCUT2D eigenvalue weighted by molar-refractivity contribution is 6.31. The number of esters is 1. The number of nitrogens with one attached hydrogen (secondary N) is 1. The summed E-state index contributed by atoms with van der Waals surface area (Å²) in [6, 6.07) is 9.22. The Hall–Kier alpha value is -3.56. The van der Waals surface area contributed by atoms with Crippen LogP contribution in [0.2, 0.25) is 5.02 Å². The van der Waals surface area contributed by atoms with Gasteiger partial charge in [0.05, 0.1) is 24.5 Å². The maximum absolute atomic E-state index is 13.3. The quantitative estimate of drug-likeness (QED) is 0.415. The van der Waals surface area contributed by atoms with Crippen LogP contribution in [0.5, 0.6) is 0 Å². The maximum Gasteiger partial charge on any atom is 0.338 e. The lowest BCUT2D eigenvalue weighted by Crippen LogP contribution is -2.56. The van der Waals surface area contributed by atoms with Crippen molar-refractivity contribution in [1.29, 1.82) is 0 Å². The van der Waals surface area contributed by atoms with Crippen molar-refractivity contribution >= 4 is 29.5 Å². The molecule has 196 valence electrons. The molecule has 0 aliphatic carbocycles. The molecule has 0 radical (unpaired) electrons. The van der Waals surface area contributed by atoms with Gasteiger partial charge in [0.1, 0.15) is 0 Å². The minimum absolute atomic E-state index is 0.109. The summed E-state index contributed by atoms with van der Waals surface area (Å²) in [5.41, 5.74) is 1.47. The van der Waals surface area contributed by atoms with Crippen LogP contribution in [0.3, 0.4) is 0 Å². The molecule has 1 saturated heterocycles. The molecule has 1 N–H and O–H groups in total. The summed E-state index contributed by atoms with van der Waals surface area (Å²) in [5.74, 6) is -0.375. The van der Waals surface area contributed by atoms with Crippen LogP contribution in [0.4, 0.5) is 4.79 Å². The van der Waals surface area contributed by atoms with E-state index >= 15 is 0 Å². The normalized spacial score (nSPS) is 20.6. The fourth-order valence-corrected chi connectivity index (χ4v) is 5.06. The minimum Gasteiger partial charge on any atom is -0.463 e. The van der Waals surface area contributed by atoms with Crippen LogP contribution in [0.15, 0.2) is 71.0 Å². The number of piperazine rings is 1. The van der Waals surface area contributed by atoms with E-state index in [0.717, 1.165) is 0 Å². The summed E-state index contributed by atoms with van der Waals surface area (Å²) < 4.78 is 10.7. The highest BCUT2D eigenvalue weighted by atomic mass is 35.5. The zero-order valence-electron chi connectivity index (χ0n) is 21.0. The Balaban J connectivity index is 1.68. The molecule has 0 unspecified atom stereocenters. The van der Waals surface area contributed by atoms with E-state index in [2.05, 4.69) is 16.8 Å². The molecule has 2 atom stereocenters. The first-order valence-electron chi connectivity index (χ1n) is 12.3. The first kappa shape index (κ1) is 26.5. The van der Waals surface area contributed by atoms with E-state index in [1.54, 1.807) is 48.2 Å². The van der Waals surface area contributed by atoms with Crippen molar-refractivity contribution in [2.75, 3.05) is 39.3 Å². The molecule has 3 amide bonds. The SMILES string of the molecule is C=CCN1C(=O)N[C@@H](c2ccccc2Cl)C(C(=O)OCC)=C1CN1CCN(C(=O)c2ccco2)[C@H](C)C1. The number of halogens is 1. The van der Waals surface area contributed by atoms with Crippen molar-refractivity contribution in [2.45, 2.75) is 25.9 Å². The lowest BCUT2D eigenvalue weighted by Gasteiger charge is -2.42. The lowest BCUT2D eigenvalue weighted by atomic mass is 9.93. The molecule has 2 aliphatic rings. The highest BCUT2D eigenvalue weighted by Gasteiger charge is 2.40. The number of ether oxygens (including phenoxy) is 1. The van der Waals surface area contributed by atoms with Gasteiger partial charge in [0.25, 0.3) is 5.91 Å². The minimum atomic E-state index is -0.768. The fourth-order valence-electron chi connectivity index (χ4n) is 4.82. The molecule has 0 bridgehead atoms. The van der Waals surface area contributed by atoms with Crippen LogP contribution in [-0.4, -0.2) is 78.0 Å². The van der Waals surface area contributed by atoms with E-state index in [9.17, 15) is 14.4 Å². The third-order valence-corrected chi connectivity index (χ3v) is 6.88. The number of carbonyl (C=O) groups is 3. The predicted octanol–water partition coefficient (Wildman–Crippen LogP) is 3.85. The number of benzene rings is 1. The van der Waals surface area contributed by atoms with E-state index in [0.29, 0.717) is 53.8 Å². The number of urea groups is 1. The molecular formula is C27H31ClN4O5. The molecule has 1 aromatic heterocycles. The molecule has 10 heteroatoms. The molecular weight excluding hydrogens is 496 g/mol. The van der Waals surface area contributed by atoms with Crippen molar-refractivity contribution < 1.29 is 23.5 Å². The molecule has 1 fully saturated rings. The van der Waals surface area contributed by atoms with Crippen LogP contribution in [-0.2, 0) is 9.53 Å². The average molecular weight is 527 g/mol. The van der Waals surface area contributed by atoms with Gasteiger partial charge in [-0.3, -0.25) is 14.6 Å². The molecule has 2 aliphatic heterocycles. The van der Waals surface area contributed by atoms with Crippen molar-refractivity contribution in [3.8, 4) is 0 Å². The third-order valence-electron chi connectivity index (χ3n) is 6.54. The van der Waals surface area contributed by atoms with Gasteiger partial charge in [0.2, 0.25) is 0 Å². The van der Waals surface area contributed by atoms with Crippen LogP contribution in [0.25, 0.3) is 0 Å². The number of hydrogen-bond donors (Lipinski definition) is 1. The predicted molar refractivity (Wildman–Crippen MR) is 139 cm³/mol. The van der Waals surface area contributed by atoms with Gasteiger partial charge >= 0.3 is 12.0 Å². The largest absolute Gasteiger partial charge is 0.463 e. The molecule has 37 heavy (non-hydrogen) atoms. The van der Waals surface area contributed by atoms with E-state index < -0.39 is 12.0 Å². The Kier molecular flexibility index (Phi) is 8.35. The molecule has 2 aromatic rings. The van der Waals surface area contributed by atoms with Gasteiger partial charge in [-0.05, 0) is 37.6 Å². The van der Waals surface area contributed by atoms with Crippen molar-refractivity contribution in [3.63, 3.8) is 0 Å². The van der Waals surface area contributed by atoms with Gasteiger partial charge < -0.3 is 19.4 Å². The zero-order valence-corrected chi connectivity index (χ0v) is 21.7. The Morgan fingerprint density at radius 1 is 1.24 bits per heavy atom. The molecule has 9 nitrogen and oxygen atoms in total. The number of amides is 3. The van der Waals surface area contributed by atoms with Gasteiger partial charge in [-0.1, -0.05) is 35.9 Å². The summed E-state index contributed by atoms with van der Waals surface area (Å²) in [6.07, 6.45) is 3.09. The monoisotopic (exact) mass is 526 g/mol. The van der Waals surface area contributed by atoms with Crippen LogP contribution < -0.4 is 5.32 Å². The van der Waals surface area contributed by atoms with Gasteiger partial charge in [-0.2, -0.15) is 0 Å². The first-order chi connectivity index (χ1) is 17.8. The summed E-state index contributed by atoms with van der Waals surface area (Å²) >= 11 is 6.49. The van der Waals surface area contributed by atoms with Gasteiger partial charge in [-0.15, -0.1) is 6.58 Å². The van der Waals surface area contributed by atoms with Gasteiger partial charge in [0.15, 0.2) is 5.76 Å². The average Bonchev–Trinajstić information content (AvgIpc) is 3.41. The topological polar surface area (TPSA) is 95.3 Å². The first-order valence-corrected chi connectivity index (χ1v) is 12.6. The number of hydrogen-bond acceptors (Lipinski definition) is 6. The summed E-state index contributed by atoms with van der Waals surface area (Å²) in [5, 5.41) is 3.36. The number of rotatable bonds is 8. The molecule has 0 saturated carbocycles. The number of carbonyl (C=O) groups excluding carboxylic acids is 3. The second-order valence-electron chi connectivity index (χ2n) is 8.94. The van der Waals surface area contributed by atoms with Gasteiger partial charge in [0, 0.05) is 49.5 Å². The second kappa shape index (κ2) is 11.7. The van der Waals surface area contributed by atoms with Crippen LogP contribution in [0.1, 0.15) is 36.0 Å². The highest BCUT2D eigenvalue weighted by Crippen LogP contribution is 2.35. The summed E-state index contributed by atoms with van der Waals surface area (Å²) in [6.45, 7) is 9.78. The lowest BCUT2D eigenvalue weighted by molar-refractivity contribution is -0.139. The van der Waals surface area contributed by atoms with Gasteiger partial charge in [-0.25, -0.2) is 9.59 Å². The summed E-state index contributed by atoms with van der Waals surface area (Å²) in [7, 11) is 0. The molecule has 1 aromatic carbocycles. The van der Waals surface area contributed by atoms with E-state index in [1.807, 2.05) is 13.0 Å². The number of nitrogens with zero attached hydrogens (tertiary/aromatic N) is 3. The standard InChI is InChI=1S/C27H31ClN4O5/c1-4-12-32-21(17-30-13-14-31(18(3)16-30)25(33)22-11-8-15-37-22)23(26(34)36-5-2)24(29-27(32)35)19-9-6-7-10-20(19)28/h4,6-11,15,18,24H,1,5,12-14,16-17H2,2-3H3,(H,29,35)/t18-,24+/m1/s1. The van der Waals surface area contributed by atoms with E-state index in [-0.39, 0.29) is 31.1 Å².